The molecular weight excluding hydrogens is 362 g/mol. The van der Waals surface area contributed by atoms with Gasteiger partial charge in [0.15, 0.2) is 5.78 Å². The van der Waals surface area contributed by atoms with Crippen molar-refractivity contribution < 1.29 is 11.0 Å². The molecule has 0 fully saturated rings. The van der Waals surface area contributed by atoms with E-state index in [1.54, 1.807) is 7.11 Å². The number of methoxy groups -OCH3 is 1. The van der Waals surface area contributed by atoms with E-state index in [1.807, 2.05) is 55.8 Å². The van der Waals surface area contributed by atoms with Gasteiger partial charge in [-0.3, -0.25) is 9.20 Å². The number of aryl methyl sites for hydroxylation is 1. The Balaban J connectivity index is 0.00000256. The number of pyridine rings is 1. The molecule has 1 aromatic carbocycles. The summed E-state index contributed by atoms with van der Waals surface area (Å²) in [6.45, 7) is 5.80. The molecular formula is C24H27N3O2. The number of ketones is 1. The van der Waals surface area contributed by atoms with Gasteiger partial charge in [0.05, 0.1) is 36.0 Å². The number of benzene rings is 1. The molecule has 4 rings (SSSR count). The molecule has 0 radical (unpaired) electrons. The summed E-state index contributed by atoms with van der Waals surface area (Å²) in [5.41, 5.74) is 4.84. The third-order valence-corrected chi connectivity index (χ3v) is 5.99. The number of aromatic nitrogens is 2. The van der Waals surface area contributed by atoms with Crippen molar-refractivity contribution >= 4 is 11.4 Å². The zero-order valence-electron chi connectivity index (χ0n) is 17.3. The minimum absolute atomic E-state index is 0. The molecule has 0 saturated carbocycles. The lowest BCUT2D eigenvalue weighted by atomic mass is 9.87. The average Bonchev–Trinajstić information content (AvgIpc) is 3.09. The number of fused-ring (bicyclic) bond motifs is 2. The number of carbonyl (C=O) groups is 1. The number of rotatable bonds is 3. The molecule has 0 bridgehead atoms. The van der Waals surface area contributed by atoms with Gasteiger partial charge in [0.25, 0.3) is 0 Å². The quantitative estimate of drug-likeness (QED) is 0.577. The minimum atomic E-state index is -0.571. The third kappa shape index (κ3) is 3.19. The van der Waals surface area contributed by atoms with Crippen LogP contribution in [0, 0.1) is 17.2 Å². The second-order valence-electron chi connectivity index (χ2n) is 8.39. The normalized spacial score (nSPS) is 16.9. The van der Waals surface area contributed by atoms with Gasteiger partial charge in [-0.05, 0) is 68.5 Å². The second-order valence-corrected chi connectivity index (χ2v) is 8.39. The fourth-order valence-corrected chi connectivity index (χ4v) is 4.08. The fourth-order valence-electron chi connectivity index (χ4n) is 4.08. The summed E-state index contributed by atoms with van der Waals surface area (Å²) < 4.78 is 7.64. The zero-order valence-corrected chi connectivity index (χ0v) is 17.3. The van der Waals surface area contributed by atoms with Crippen LogP contribution in [-0.4, -0.2) is 22.3 Å². The Bertz CT molecular complexity index is 1160. The van der Waals surface area contributed by atoms with Crippen LogP contribution in [0.5, 0.6) is 5.75 Å². The van der Waals surface area contributed by atoms with Crippen molar-refractivity contribution in [3.63, 3.8) is 0 Å². The lowest BCUT2D eigenvalue weighted by Crippen LogP contribution is -2.14. The summed E-state index contributed by atoms with van der Waals surface area (Å²) in [5.74, 6) is 0.824. The van der Waals surface area contributed by atoms with Crippen molar-refractivity contribution in [2.24, 2.45) is 5.92 Å². The highest BCUT2D eigenvalue weighted by Crippen LogP contribution is 2.36. The minimum Gasteiger partial charge on any atom is -0.496 e. The van der Waals surface area contributed by atoms with E-state index in [0.717, 1.165) is 52.9 Å². The van der Waals surface area contributed by atoms with Crippen molar-refractivity contribution in [3.05, 3.63) is 53.3 Å². The first-order valence-corrected chi connectivity index (χ1v) is 10.00. The van der Waals surface area contributed by atoms with E-state index in [9.17, 15) is 10.1 Å². The predicted octanol–water partition coefficient (Wildman–Crippen LogP) is 5.21. The van der Waals surface area contributed by atoms with Gasteiger partial charge in [-0.1, -0.05) is 6.92 Å². The molecule has 1 atom stereocenters. The number of hydrogen-bond acceptors (Lipinski definition) is 4. The van der Waals surface area contributed by atoms with Crippen molar-refractivity contribution in [1.82, 2.24) is 9.38 Å². The molecule has 1 aliphatic rings. The van der Waals surface area contributed by atoms with Gasteiger partial charge in [-0.2, -0.15) is 5.26 Å². The second kappa shape index (κ2) is 7.04. The Morgan fingerprint density at radius 2 is 2.14 bits per heavy atom. The van der Waals surface area contributed by atoms with Crippen molar-refractivity contribution in [3.8, 4) is 23.1 Å². The number of hydrogen-bond donors (Lipinski definition) is 0. The summed E-state index contributed by atoms with van der Waals surface area (Å²) in [4.78, 5) is 17.4. The third-order valence-electron chi connectivity index (χ3n) is 5.99. The average molecular weight is 389 g/mol. The molecule has 3 aromatic rings. The van der Waals surface area contributed by atoms with Gasteiger partial charge in [-0.25, -0.2) is 4.98 Å². The van der Waals surface area contributed by atoms with Gasteiger partial charge in [0, 0.05) is 19.1 Å². The summed E-state index contributed by atoms with van der Waals surface area (Å²) in [7, 11) is 1.62. The fraction of sp³-hybridized carbons (Fsp3) is 0.375. The highest BCUT2D eigenvalue weighted by Gasteiger charge is 2.27. The van der Waals surface area contributed by atoms with Gasteiger partial charge in [-0.15, -0.1) is 0 Å². The van der Waals surface area contributed by atoms with E-state index < -0.39 is 5.41 Å². The number of nitrogens with zero attached hydrogens (tertiary/aromatic N) is 3. The molecule has 0 N–H and O–H groups in total. The highest BCUT2D eigenvalue weighted by molar-refractivity contribution is 6.02. The molecule has 5 nitrogen and oxygen atoms in total. The monoisotopic (exact) mass is 389 g/mol. The smallest absolute Gasteiger partial charge is 0.169 e. The van der Waals surface area contributed by atoms with Crippen LogP contribution in [0.2, 0.25) is 0 Å². The lowest BCUT2D eigenvalue weighted by molar-refractivity contribution is 0.0924. The first-order valence-electron chi connectivity index (χ1n) is 10.00. The maximum atomic E-state index is 12.9. The Kier molecular flexibility index (Phi) is 4.66. The van der Waals surface area contributed by atoms with Crippen molar-refractivity contribution in [2.45, 2.75) is 45.4 Å². The first kappa shape index (κ1) is 19.2. The molecule has 1 unspecified atom stereocenters. The lowest BCUT2D eigenvalue weighted by Gasteiger charge is -2.16. The number of nitriles is 1. The number of Topliss-reactive ketones (excluding diaryl/α,β-unsaturated/α-hetero) is 1. The maximum Gasteiger partial charge on any atom is 0.169 e. The van der Waals surface area contributed by atoms with Crippen LogP contribution in [0.3, 0.4) is 0 Å². The van der Waals surface area contributed by atoms with Gasteiger partial charge in [0.1, 0.15) is 11.4 Å². The number of carbonyl (C=O) groups excluding carboxylic acids is 1. The van der Waals surface area contributed by atoms with E-state index in [2.05, 4.69) is 17.1 Å². The largest absolute Gasteiger partial charge is 0.496 e. The van der Waals surface area contributed by atoms with E-state index in [1.165, 1.54) is 0 Å². The van der Waals surface area contributed by atoms with Crippen LogP contribution in [0.1, 0.15) is 56.5 Å². The summed E-state index contributed by atoms with van der Waals surface area (Å²) in [6, 6.07) is 10.3. The Hall–Kier alpha value is -3.13. The van der Waals surface area contributed by atoms with Crippen LogP contribution in [0.25, 0.3) is 16.9 Å². The number of ether oxygens (including phenoxy) is 1. The number of imidazole rings is 1. The van der Waals surface area contributed by atoms with Crippen molar-refractivity contribution in [2.75, 3.05) is 7.11 Å². The molecule has 0 amide bonds. The SMILES string of the molecule is COc1cc(-c2cnc3cc(C(C)(C)C#N)ccn23)cc2c1C(=O)C(C)CCC2.[HH]. The zero-order chi connectivity index (χ0) is 20.8. The molecule has 5 heteroatoms. The van der Waals surface area contributed by atoms with Crippen LogP contribution in [0.15, 0.2) is 36.7 Å². The van der Waals surface area contributed by atoms with Gasteiger partial charge in [0.2, 0.25) is 0 Å². The molecule has 2 aromatic heterocycles. The molecule has 1 aliphatic carbocycles. The molecule has 29 heavy (non-hydrogen) atoms. The van der Waals surface area contributed by atoms with Crippen LogP contribution < -0.4 is 4.74 Å². The van der Waals surface area contributed by atoms with Gasteiger partial charge < -0.3 is 4.74 Å². The summed E-state index contributed by atoms with van der Waals surface area (Å²) in [5, 5.41) is 9.42. The molecule has 0 spiro atoms. The van der Waals surface area contributed by atoms with Gasteiger partial charge >= 0.3 is 0 Å². The Morgan fingerprint density at radius 1 is 1.34 bits per heavy atom. The van der Waals surface area contributed by atoms with Crippen LogP contribution in [-0.2, 0) is 11.8 Å². The van der Waals surface area contributed by atoms with E-state index in [-0.39, 0.29) is 13.1 Å². The molecule has 0 saturated heterocycles. The summed E-state index contributed by atoms with van der Waals surface area (Å²) in [6.07, 6.45) is 6.55. The molecule has 150 valence electrons. The van der Waals surface area contributed by atoms with Crippen LogP contribution >= 0.6 is 0 Å². The van der Waals surface area contributed by atoms with E-state index in [0.29, 0.717) is 5.75 Å². The molecule has 0 aliphatic heterocycles. The molecule has 2 heterocycles. The topological polar surface area (TPSA) is 67.4 Å². The Morgan fingerprint density at radius 3 is 2.86 bits per heavy atom. The highest BCUT2D eigenvalue weighted by atomic mass is 16.5. The maximum absolute atomic E-state index is 12.9. The van der Waals surface area contributed by atoms with E-state index >= 15 is 0 Å². The van der Waals surface area contributed by atoms with E-state index in [4.69, 9.17) is 4.74 Å². The predicted molar refractivity (Wildman–Crippen MR) is 114 cm³/mol. The summed E-state index contributed by atoms with van der Waals surface area (Å²) >= 11 is 0. The Labute approximate surface area is 172 Å². The van der Waals surface area contributed by atoms with Crippen molar-refractivity contribution in [1.29, 1.82) is 5.26 Å². The first-order chi connectivity index (χ1) is 13.9. The van der Waals surface area contributed by atoms with Crippen LogP contribution in [0.4, 0.5) is 0 Å². The standard InChI is InChI=1S/C24H25N3O2.H2/c1-15-6-5-7-16-10-17(11-20(29-4)22(16)23(15)28)19-13-26-21-12-18(8-9-27(19)21)24(2,3)14-25;/h8-13,15H,5-7H2,1-4H3;1H.